The van der Waals surface area contributed by atoms with Crippen molar-refractivity contribution < 1.29 is 0 Å². The fourth-order valence-corrected chi connectivity index (χ4v) is 1.03. The molecule has 1 heterocycles. The summed E-state index contributed by atoms with van der Waals surface area (Å²) < 4.78 is 0. The monoisotopic (exact) mass is 131 g/mol. The number of benzene rings is 1. The van der Waals surface area contributed by atoms with Crippen LogP contribution in [0.15, 0.2) is 42.6 Å². The molecule has 1 nitrogen and oxygen atoms in total. The Morgan fingerprint density at radius 3 is 2.30 bits per heavy atom. The Balaban J connectivity index is 2.28. The van der Waals surface area contributed by atoms with Gasteiger partial charge in [-0.25, -0.2) is 0 Å². The van der Waals surface area contributed by atoms with Crippen LogP contribution < -0.4 is 4.90 Å². The van der Waals surface area contributed by atoms with E-state index in [0.717, 1.165) is 6.54 Å². The highest BCUT2D eigenvalue weighted by Gasteiger charge is 2.23. The van der Waals surface area contributed by atoms with E-state index in [1.807, 2.05) is 18.2 Å². The molecule has 0 atom stereocenters. The Morgan fingerprint density at radius 1 is 1.20 bits per heavy atom. The third-order valence-electron chi connectivity index (χ3n) is 1.69. The third-order valence-corrected chi connectivity index (χ3v) is 1.69. The van der Waals surface area contributed by atoms with E-state index in [4.69, 9.17) is 0 Å². The topological polar surface area (TPSA) is 3.01 Å². The van der Waals surface area contributed by atoms with Crippen LogP contribution in [0, 0.1) is 0 Å². The van der Waals surface area contributed by atoms with Crippen molar-refractivity contribution in [1.29, 1.82) is 0 Å². The Bertz CT molecular complexity index is 251. The zero-order valence-electron chi connectivity index (χ0n) is 5.75. The fourth-order valence-electron chi connectivity index (χ4n) is 1.03. The molecule has 0 spiro atoms. The molecule has 2 rings (SSSR count). The minimum Gasteiger partial charge on any atom is -0.338 e. The first-order valence-electron chi connectivity index (χ1n) is 3.38. The number of hydrogen-bond donors (Lipinski definition) is 0. The van der Waals surface area contributed by atoms with E-state index in [0.29, 0.717) is 0 Å². The van der Waals surface area contributed by atoms with Crippen molar-refractivity contribution >= 4 is 5.69 Å². The van der Waals surface area contributed by atoms with Crippen LogP contribution in [0.4, 0.5) is 5.69 Å². The summed E-state index contributed by atoms with van der Waals surface area (Å²) in [7, 11) is 0. The summed E-state index contributed by atoms with van der Waals surface area (Å²) in [5.74, 6) is 0. The van der Waals surface area contributed by atoms with Gasteiger partial charge in [0.1, 0.15) is 0 Å². The molecule has 1 fully saturated rings. The molecule has 0 bridgehead atoms. The van der Waals surface area contributed by atoms with E-state index in [1.165, 1.54) is 11.4 Å². The zero-order chi connectivity index (χ0) is 6.97. The van der Waals surface area contributed by atoms with Crippen LogP contribution in [0.5, 0.6) is 0 Å². The van der Waals surface area contributed by atoms with Crippen molar-refractivity contribution in [2.24, 2.45) is 0 Å². The van der Waals surface area contributed by atoms with Crippen molar-refractivity contribution in [3.63, 3.8) is 0 Å². The van der Waals surface area contributed by atoms with Crippen LogP contribution in [0.3, 0.4) is 0 Å². The van der Waals surface area contributed by atoms with Crippen molar-refractivity contribution in [3.05, 3.63) is 42.6 Å². The lowest BCUT2D eigenvalue weighted by Crippen LogP contribution is -1.87. The molecule has 1 saturated heterocycles. The van der Waals surface area contributed by atoms with E-state index in [9.17, 15) is 0 Å². The van der Waals surface area contributed by atoms with E-state index < -0.39 is 0 Å². The molecule has 1 aliphatic rings. The van der Waals surface area contributed by atoms with Crippen LogP contribution in [0.1, 0.15) is 0 Å². The standard InChI is InChI=1S/C9H9N/c1-8-7-10(8)9-5-3-2-4-6-9/h2-6H,1,7H2. The Kier molecular flexibility index (Phi) is 1.04. The van der Waals surface area contributed by atoms with Crippen LogP contribution in [0.2, 0.25) is 0 Å². The number of nitrogens with zero attached hydrogens (tertiary/aromatic N) is 1. The number of anilines is 1. The molecule has 1 aliphatic heterocycles. The van der Waals surface area contributed by atoms with Gasteiger partial charge in [0, 0.05) is 11.4 Å². The summed E-state index contributed by atoms with van der Waals surface area (Å²) in [4.78, 5) is 2.18. The van der Waals surface area contributed by atoms with Gasteiger partial charge < -0.3 is 4.90 Å². The first-order chi connectivity index (χ1) is 4.88. The van der Waals surface area contributed by atoms with Gasteiger partial charge in [-0.1, -0.05) is 24.8 Å². The molecular formula is C9H9N. The van der Waals surface area contributed by atoms with Crippen molar-refractivity contribution in [1.82, 2.24) is 0 Å². The quantitative estimate of drug-likeness (QED) is 0.527. The van der Waals surface area contributed by atoms with E-state index in [1.54, 1.807) is 0 Å². The van der Waals surface area contributed by atoms with Crippen LogP contribution in [-0.4, -0.2) is 6.54 Å². The summed E-state index contributed by atoms with van der Waals surface area (Å²) in [6, 6.07) is 10.3. The van der Waals surface area contributed by atoms with Crippen LogP contribution >= 0.6 is 0 Å². The summed E-state index contributed by atoms with van der Waals surface area (Å²) in [6.07, 6.45) is 0. The Hall–Kier alpha value is -1.24. The van der Waals surface area contributed by atoms with Gasteiger partial charge in [0.2, 0.25) is 0 Å². The molecule has 10 heavy (non-hydrogen) atoms. The van der Waals surface area contributed by atoms with Crippen LogP contribution in [-0.2, 0) is 0 Å². The van der Waals surface area contributed by atoms with E-state index in [2.05, 4.69) is 23.6 Å². The molecule has 1 aromatic carbocycles. The smallest absolute Gasteiger partial charge is 0.0625 e. The Labute approximate surface area is 60.6 Å². The van der Waals surface area contributed by atoms with Gasteiger partial charge in [-0.05, 0) is 12.1 Å². The zero-order valence-corrected chi connectivity index (χ0v) is 5.75. The average Bonchev–Trinajstić information content (AvgIpc) is 2.69. The molecule has 0 N–H and O–H groups in total. The summed E-state index contributed by atoms with van der Waals surface area (Å²) in [5.41, 5.74) is 2.47. The van der Waals surface area contributed by atoms with Crippen molar-refractivity contribution in [2.75, 3.05) is 11.4 Å². The maximum atomic E-state index is 3.85. The second-order valence-electron chi connectivity index (χ2n) is 2.49. The highest BCUT2D eigenvalue weighted by molar-refractivity contribution is 5.61. The molecule has 0 aromatic heterocycles. The SMILES string of the molecule is C=C1CN1c1ccccc1. The van der Waals surface area contributed by atoms with Crippen molar-refractivity contribution in [2.45, 2.75) is 0 Å². The molecule has 0 radical (unpaired) electrons. The lowest BCUT2D eigenvalue weighted by Gasteiger charge is -1.98. The second-order valence-corrected chi connectivity index (χ2v) is 2.49. The number of rotatable bonds is 1. The Morgan fingerprint density at radius 2 is 1.80 bits per heavy atom. The van der Waals surface area contributed by atoms with Gasteiger partial charge in [-0.15, -0.1) is 0 Å². The third kappa shape index (κ3) is 0.798. The molecule has 0 aliphatic carbocycles. The minimum atomic E-state index is 1.03. The van der Waals surface area contributed by atoms with Gasteiger partial charge in [0.25, 0.3) is 0 Å². The van der Waals surface area contributed by atoms with Gasteiger partial charge in [0.05, 0.1) is 6.54 Å². The van der Waals surface area contributed by atoms with Crippen molar-refractivity contribution in [3.8, 4) is 0 Å². The lowest BCUT2D eigenvalue weighted by molar-refractivity contribution is 1.42. The first-order valence-corrected chi connectivity index (χ1v) is 3.38. The van der Waals surface area contributed by atoms with E-state index >= 15 is 0 Å². The molecule has 1 aromatic rings. The highest BCUT2D eigenvalue weighted by Crippen LogP contribution is 2.28. The number of para-hydroxylation sites is 1. The molecule has 0 amide bonds. The molecule has 1 heteroatoms. The summed E-state index contributed by atoms with van der Waals surface area (Å²) >= 11 is 0. The van der Waals surface area contributed by atoms with Gasteiger partial charge in [-0.3, -0.25) is 0 Å². The fraction of sp³-hybridized carbons (Fsp3) is 0.111. The maximum Gasteiger partial charge on any atom is 0.0625 e. The minimum absolute atomic E-state index is 1.03. The largest absolute Gasteiger partial charge is 0.338 e. The predicted molar refractivity (Wildman–Crippen MR) is 42.9 cm³/mol. The van der Waals surface area contributed by atoms with Gasteiger partial charge >= 0.3 is 0 Å². The lowest BCUT2D eigenvalue weighted by atomic mass is 10.3. The molecule has 0 unspecified atom stereocenters. The van der Waals surface area contributed by atoms with Gasteiger partial charge in [-0.2, -0.15) is 0 Å². The summed E-state index contributed by atoms with van der Waals surface area (Å²) in [6.45, 7) is 4.88. The second kappa shape index (κ2) is 1.87. The predicted octanol–water partition coefficient (Wildman–Crippen LogP) is 2.02. The highest BCUT2D eigenvalue weighted by atomic mass is 15.3. The molecule has 50 valence electrons. The number of hydrogen-bond acceptors (Lipinski definition) is 1. The van der Waals surface area contributed by atoms with Gasteiger partial charge in [0.15, 0.2) is 0 Å². The maximum absolute atomic E-state index is 3.85. The average molecular weight is 131 g/mol. The summed E-state index contributed by atoms with van der Waals surface area (Å²) in [5, 5.41) is 0. The molecule has 0 saturated carbocycles. The first kappa shape index (κ1) is 5.54. The molecular weight excluding hydrogens is 122 g/mol. The van der Waals surface area contributed by atoms with E-state index in [-0.39, 0.29) is 0 Å². The van der Waals surface area contributed by atoms with Crippen LogP contribution in [0.25, 0.3) is 0 Å². The normalized spacial score (nSPS) is 15.6.